The van der Waals surface area contributed by atoms with E-state index in [9.17, 15) is 5.11 Å². The number of hydrogen-bond acceptors (Lipinski definition) is 2. The summed E-state index contributed by atoms with van der Waals surface area (Å²) in [5.41, 5.74) is 5.56. The van der Waals surface area contributed by atoms with E-state index >= 15 is 0 Å². The molecule has 0 aliphatic carbocycles. The van der Waals surface area contributed by atoms with E-state index in [1.807, 2.05) is 0 Å². The number of piperidine rings is 1. The van der Waals surface area contributed by atoms with E-state index in [4.69, 9.17) is 0 Å². The van der Waals surface area contributed by atoms with Gasteiger partial charge in [0.15, 0.2) is 0 Å². The third-order valence-corrected chi connectivity index (χ3v) is 4.60. The van der Waals surface area contributed by atoms with Crippen molar-refractivity contribution in [3.8, 4) is 0 Å². The lowest BCUT2D eigenvalue weighted by Gasteiger charge is -2.40. The molecule has 2 atom stereocenters. The normalized spacial score (nSPS) is 30.9. The maximum absolute atomic E-state index is 9.91. The minimum atomic E-state index is -0.0789. The highest BCUT2D eigenvalue weighted by atomic mass is 16.3. The molecule has 2 unspecified atom stereocenters. The van der Waals surface area contributed by atoms with Gasteiger partial charge in [0.2, 0.25) is 0 Å². The maximum Gasteiger partial charge on any atom is 0.0579 e. The van der Waals surface area contributed by atoms with Crippen LogP contribution in [0.5, 0.6) is 0 Å². The molecule has 1 aromatic rings. The number of anilines is 1. The number of rotatable bonds is 1. The summed E-state index contributed by atoms with van der Waals surface area (Å²) in [4.78, 5) is 2.61. The molecule has 0 radical (unpaired) electrons. The first-order chi connectivity index (χ1) is 8.56. The van der Waals surface area contributed by atoms with E-state index in [1.165, 1.54) is 35.2 Å². The van der Waals surface area contributed by atoms with Gasteiger partial charge in [-0.15, -0.1) is 0 Å². The highest BCUT2D eigenvalue weighted by molar-refractivity contribution is 5.62. The van der Waals surface area contributed by atoms with Crippen molar-refractivity contribution < 1.29 is 5.11 Å². The van der Waals surface area contributed by atoms with Crippen LogP contribution in [-0.4, -0.2) is 23.3 Å². The van der Waals surface area contributed by atoms with Gasteiger partial charge in [-0.3, -0.25) is 0 Å². The molecule has 2 nitrogen and oxygen atoms in total. The number of aryl methyl sites for hydroxylation is 3. The van der Waals surface area contributed by atoms with Gasteiger partial charge < -0.3 is 10.0 Å². The van der Waals surface area contributed by atoms with Crippen molar-refractivity contribution in [3.05, 3.63) is 28.8 Å². The van der Waals surface area contributed by atoms with E-state index in [0.29, 0.717) is 12.1 Å². The van der Waals surface area contributed by atoms with Crippen LogP contribution in [0, 0.1) is 20.8 Å². The Bertz CT molecular complexity index is 431. The number of aliphatic hydroxyl groups excluding tert-OH is 1. The molecule has 2 aliphatic heterocycles. The Labute approximate surface area is 110 Å². The van der Waals surface area contributed by atoms with Crippen LogP contribution in [0.1, 0.15) is 42.4 Å². The van der Waals surface area contributed by atoms with Crippen molar-refractivity contribution in [2.24, 2.45) is 0 Å². The van der Waals surface area contributed by atoms with Crippen molar-refractivity contribution in [1.82, 2.24) is 0 Å². The van der Waals surface area contributed by atoms with Crippen molar-refractivity contribution >= 4 is 5.69 Å². The molecule has 1 aromatic carbocycles. The quantitative estimate of drug-likeness (QED) is 0.822. The van der Waals surface area contributed by atoms with Crippen LogP contribution in [0.4, 0.5) is 5.69 Å². The second kappa shape index (κ2) is 4.27. The molecule has 2 bridgehead atoms. The topological polar surface area (TPSA) is 23.5 Å². The Morgan fingerprint density at radius 2 is 1.50 bits per heavy atom. The van der Waals surface area contributed by atoms with Gasteiger partial charge in [0.25, 0.3) is 0 Å². The van der Waals surface area contributed by atoms with Gasteiger partial charge in [0, 0.05) is 17.8 Å². The van der Waals surface area contributed by atoms with E-state index in [-0.39, 0.29) is 6.10 Å². The molecule has 3 rings (SSSR count). The maximum atomic E-state index is 9.91. The predicted molar refractivity (Wildman–Crippen MR) is 75.2 cm³/mol. The van der Waals surface area contributed by atoms with Gasteiger partial charge in [-0.05, 0) is 57.6 Å². The summed E-state index contributed by atoms with van der Waals surface area (Å²) in [6, 6.07) is 5.68. The van der Waals surface area contributed by atoms with Crippen LogP contribution in [0.15, 0.2) is 12.1 Å². The van der Waals surface area contributed by atoms with E-state index < -0.39 is 0 Å². The van der Waals surface area contributed by atoms with Gasteiger partial charge in [0.05, 0.1) is 6.10 Å². The molecule has 2 aliphatic rings. The van der Waals surface area contributed by atoms with Crippen molar-refractivity contribution in [2.45, 2.75) is 64.6 Å². The summed E-state index contributed by atoms with van der Waals surface area (Å²) < 4.78 is 0. The average molecular weight is 245 g/mol. The van der Waals surface area contributed by atoms with Gasteiger partial charge in [-0.25, -0.2) is 0 Å². The number of nitrogens with zero attached hydrogens (tertiary/aromatic N) is 1. The fourth-order valence-electron chi connectivity index (χ4n) is 4.09. The fourth-order valence-corrected chi connectivity index (χ4v) is 4.09. The molecule has 18 heavy (non-hydrogen) atoms. The zero-order valence-electron chi connectivity index (χ0n) is 11.6. The largest absolute Gasteiger partial charge is 0.393 e. The molecule has 2 saturated heterocycles. The Morgan fingerprint density at radius 3 is 2.00 bits per heavy atom. The molecule has 0 spiro atoms. The van der Waals surface area contributed by atoms with Gasteiger partial charge in [-0.2, -0.15) is 0 Å². The lowest BCUT2D eigenvalue weighted by atomic mass is 9.95. The zero-order chi connectivity index (χ0) is 12.9. The summed E-state index contributed by atoms with van der Waals surface area (Å²) >= 11 is 0. The highest BCUT2D eigenvalue weighted by Gasteiger charge is 2.41. The summed E-state index contributed by atoms with van der Waals surface area (Å²) in [5.74, 6) is 0. The lowest BCUT2D eigenvalue weighted by Crippen LogP contribution is -2.45. The van der Waals surface area contributed by atoms with E-state index in [1.54, 1.807) is 0 Å². The highest BCUT2D eigenvalue weighted by Crippen LogP contribution is 2.42. The molecule has 2 heteroatoms. The molecule has 1 N–H and O–H groups in total. The zero-order valence-corrected chi connectivity index (χ0v) is 11.6. The predicted octanol–water partition coefficient (Wildman–Crippen LogP) is 3.10. The fraction of sp³-hybridized carbons (Fsp3) is 0.625. The first kappa shape index (κ1) is 12.0. The third kappa shape index (κ3) is 1.83. The summed E-state index contributed by atoms with van der Waals surface area (Å²) in [7, 11) is 0. The second-order valence-electron chi connectivity index (χ2n) is 6.16. The summed E-state index contributed by atoms with van der Waals surface area (Å²) in [5, 5.41) is 9.91. The van der Waals surface area contributed by atoms with E-state index in [0.717, 1.165) is 12.8 Å². The van der Waals surface area contributed by atoms with Crippen molar-refractivity contribution in [2.75, 3.05) is 4.90 Å². The second-order valence-corrected chi connectivity index (χ2v) is 6.16. The standard InChI is InChI=1S/C16H23NO/c1-10-6-11(2)16(12(3)7-10)17-13-4-5-14(17)9-15(18)8-13/h6-7,13-15,18H,4-5,8-9H2,1-3H3. The minimum Gasteiger partial charge on any atom is -0.393 e. The number of fused-ring (bicyclic) bond motifs is 2. The minimum absolute atomic E-state index is 0.0789. The Kier molecular flexibility index (Phi) is 2.86. The van der Waals surface area contributed by atoms with Crippen LogP contribution in [0.3, 0.4) is 0 Å². The number of hydrogen-bond donors (Lipinski definition) is 1. The van der Waals surface area contributed by atoms with Gasteiger partial charge in [-0.1, -0.05) is 17.7 Å². The first-order valence-corrected chi connectivity index (χ1v) is 7.10. The molecule has 2 heterocycles. The smallest absolute Gasteiger partial charge is 0.0579 e. The van der Waals surface area contributed by atoms with E-state index in [2.05, 4.69) is 37.8 Å². The Balaban J connectivity index is 2.01. The molecular formula is C16H23NO. The molecule has 0 aromatic heterocycles. The molecular weight excluding hydrogens is 222 g/mol. The van der Waals surface area contributed by atoms with Crippen LogP contribution in [-0.2, 0) is 0 Å². The average Bonchev–Trinajstić information content (AvgIpc) is 2.53. The SMILES string of the molecule is Cc1cc(C)c(N2C3CCC2CC(O)C3)c(C)c1. The first-order valence-electron chi connectivity index (χ1n) is 7.10. The van der Waals surface area contributed by atoms with Crippen LogP contribution in [0.2, 0.25) is 0 Å². The number of benzene rings is 1. The van der Waals surface area contributed by atoms with Gasteiger partial charge >= 0.3 is 0 Å². The molecule has 0 amide bonds. The summed E-state index contributed by atoms with van der Waals surface area (Å²) in [6.07, 6.45) is 4.31. The molecule has 2 fully saturated rings. The monoisotopic (exact) mass is 245 g/mol. The molecule has 0 saturated carbocycles. The van der Waals surface area contributed by atoms with Crippen LogP contribution >= 0.6 is 0 Å². The van der Waals surface area contributed by atoms with Crippen molar-refractivity contribution in [1.29, 1.82) is 0 Å². The number of aliphatic hydroxyl groups is 1. The van der Waals surface area contributed by atoms with Crippen LogP contribution < -0.4 is 4.90 Å². The summed E-state index contributed by atoms with van der Waals surface area (Å²) in [6.45, 7) is 6.61. The molecule has 98 valence electrons. The van der Waals surface area contributed by atoms with Crippen LogP contribution in [0.25, 0.3) is 0 Å². The van der Waals surface area contributed by atoms with Gasteiger partial charge in [0.1, 0.15) is 0 Å². The Morgan fingerprint density at radius 1 is 1.00 bits per heavy atom. The van der Waals surface area contributed by atoms with Crippen molar-refractivity contribution in [3.63, 3.8) is 0 Å². The third-order valence-electron chi connectivity index (χ3n) is 4.60. The Hall–Kier alpha value is -1.02. The lowest BCUT2D eigenvalue weighted by molar-refractivity contribution is 0.126.